The van der Waals surface area contributed by atoms with Crippen molar-refractivity contribution in [2.75, 3.05) is 4.72 Å². The molecular weight excluding hydrogens is 403 g/mol. The molecule has 0 saturated carbocycles. The van der Waals surface area contributed by atoms with Gasteiger partial charge in [0.05, 0.1) is 11.3 Å². The highest BCUT2D eigenvalue weighted by Crippen LogP contribution is 2.34. The number of nitrogens with one attached hydrogen (secondary N) is 2. The van der Waals surface area contributed by atoms with Crippen LogP contribution < -0.4 is 4.72 Å². The zero-order valence-electron chi connectivity index (χ0n) is 14.2. The van der Waals surface area contributed by atoms with Crippen molar-refractivity contribution in [1.82, 2.24) is 4.98 Å². The van der Waals surface area contributed by atoms with Crippen LogP contribution >= 0.6 is 0 Å². The van der Waals surface area contributed by atoms with Crippen LogP contribution in [-0.4, -0.2) is 13.4 Å². The minimum atomic E-state index is -5.11. The van der Waals surface area contributed by atoms with Gasteiger partial charge in [0.2, 0.25) is 0 Å². The largest absolute Gasteiger partial charge is 0.419 e. The smallest absolute Gasteiger partial charge is 0.360 e. The molecule has 10 heteroatoms. The second-order valence-electron chi connectivity index (χ2n) is 5.98. The van der Waals surface area contributed by atoms with Crippen LogP contribution in [-0.2, 0) is 16.2 Å². The highest BCUT2D eigenvalue weighted by Gasteiger charge is 2.35. The summed E-state index contributed by atoms with van der Waals surface area (Å²) in [5, 5.41) is 0. The molecule has 148 valence electrons. The normalized spacial score (nSPS) is 12.2. The summed E-state index contributed by atoms with van der Waals surface area (Å²) < 4.78 is 92.0. The molecule has 0 fully saturated rings. The van der Waals surface area contributed by atoms with Crippen LogP contribution in [0.1, 0.15) is 11.1 Å². The maximum Gasteiger partial charge on any atom is 0.419 e. The molecular formula is C18H13F5N2O2S. The average molecular weight is 416 g/mol. The summed E-state index contributed by atoms with van der Waals surface area (Å²) in [5.41, 5.74) is -0.675. The molecule has 0 amide bonds. The fraction of sp³-hybridized carbons (Fsp3) is 0.111. The predicted octanol–water partition coefficient (Wildman–Crippen LogP) is 5.09. The number of hydrogen-bond donors (Lipinski definition) is 2. The lowest BCUT2D eigenvalue weighted by molar-refractivity contribution is -0.140. The van der Waals surface area contributed by atoms with Gasteiger partial charge < -0.3 is 4.98 Å². The van der Waals surface area contributed by atoms with Crippen molar-refractivity contribution >= 4 is 15.7 Å². The predicted molar refractivity (Wildman–Crippen MR) is 93.1 cm³/mol. The van der Waals surface area contributed by atoms with Crippen LogP contribution in [0, 0.1) is 18.6 Å². The summed E-state index contributed by atoms with van der Waals surface area (Å²) in [6.07, 6.45) is -3.96. The lowest BCUT2D eigenvalue weighted by Crippen LogP contribution is -2.15. The molecule has 0 atom stereocenters. The number of H-pyrrole nitrogens is 1. The van der Waals surface area contributed by atoms with Crippen molar-refractivity contribution in [2.24, 2.45) is 0 Å². The standard InChI is InChI=1S/C18H13F5N2O2S/c1-10-4-2-3-5-12(10)16-6-11(9-24-16)28(26,27)25-17-8-14(19)13(7-15(17)20)18(21,22)23/h2-9,24-25H,1H3. The summed E-state index contributed by atoms with van der Waals surface area (Å²) in [4.78, 5) is 2.49. The number of aryl methyl sites for hydroxylation is 1. The number of aromatic nitrogens is 1. The van der Waals surface area contributed by atoms with Crippen molar-refractivity contribution in [3.8, 4) is 11.3 Å². The molecule has 3 rings (SSSR count). The van der Waals surface area contributed by atoms with E-state index in [1.807, 2.05) is 19.1 Å². The van der Waals surface area contributed by atoms with Gasteiger partial charge in [-0.2, -0.15) is 13.2 Å². The third kappa shape index (κ3) is 3.86. The van der Waals surface area contributed by atoms with E-state index in [1.165, 1.54) is 6.07 Å². The second-order valence-corrected chi connectivity index (χ2v) is 7.66. The molecule has 0 bridgehead atoms. The van der Waals surface area contributed by atoms with E-state index >= 15 is 0 Å². The topological polar surface area (TPSA) is 62.0 Å². The van der Waals surface area contributed by atoms with Crippen LogP contribution in [0.4, 0.5) is 27.6 Å². The molecule has 1 heterocycles. The average Bonchev–Trinajstić information content (AvgIpc) is 3.08. The molecule has 2 aromatic carbocycles. The number of aromatic amines is 1. The fourth-order valence-corrected chi connectivity index (χ4v) is 3.66. The maximum absolute atomic E-state index is 13.9. The van der Waals surface area contributed by atoms with E-state index < -0.39 is 39.1 Å². The molecule has 0 radical (unpaired) electrons. The van der Waals surface area contributed by atoms with Crippen molar-refractivity contribution in [1.29, 1.82) is 0 Å². The first-order valence-electron chi connectivity index (χ1n) is 7.82. The number of halogens is 5. The zero-order valence-corrected chi connectivity index (χ0v) is 15.0. The molecule has 0 spiro atoms. The number of anilines is 1. The Hall–Kier alpha value is -2.88. The number of sulfonamides is 1. The summed E-state index contributed by atoms with van der Waals surface area (Å²) in [6.45, 7) is 1.82. The summed E-state index contributed by atoms with van der Waals surface area (Å²) >= 11 is 0. The van der Waals surface area contributed by atoms with Gasteiger partial charge in [-0.05, 0) is 24.6 Å². The van der Waals surface area contributed by atoms with Crippen LogP contribution in [0.25, 0.3) is 11.3 Å². The van der Waals surface area contributed by atoms with E-state index in [0.717, 1.165) is 17.3 Å². The van der Waals surface area contributed by atoms with Gasteiger partial charge in [-0.3, -0.25) is 4.72 Å². The number of rotatable bonds is 4. The fourth-order valence-electron chi connectivity index (χ4n) is 2.61. The van der Waals surface area contributed by atoms with Crippen molar-refractivity contribution in [3.05, 3.63) is 71.4 Å². The van der Waals surface area contributed by atoms with Gasteiger partial charge in [0.15, 0.2) is 0 Å². The molecule has 2 N–H and O–H groups in total. The molecule has 1 aromatic heterocycles. The first kappa shape index (κ1) is 19.9. The third-order valence-electron chi connectivity index (χ3n) is 4.01. The van der Waals surface area contributed by atoms with E-state index in [4.69, 9.17) is 0 Å². The Labute approximate surface area is 157 Å². The van der Waals surface area contributed by atoms with Crippen LogP contribution in [0.15, 0.2) is 53.6 Å². The van der Waals surface area contributed by atoms with Gasteiger partial charge in [0, 0.05) is 23.5 Å². The Morgan fingerprint density at radius 1 is 1.00 bits per heavy atom. The maximum atomic E-state index is 13.9. The molecule has 0 aliphatic heterocycles. The first-order valence-corrected chi connectivity index (χ1v) is 9.31. The second kappa shape index (κ2) is 6.93. The zero-order chi connectivity index (χ0) is 20.7. The van der Waals surface area contributed by atoms with E-state index in [-0.39, 0.29) is 17.0 Å². The van der Waals surface area contributed by atoms with E-state index in [1.54, 1.807) is 16.9 Å². The molecule has 28 heavy (non-hydrogen) atoms. The van der Waals surface area contributed by atoms with Gasteiger partial charge >= 0.3 is 6.18 Å². The van der Waals surface area contributed by atoms with Gasteiger partial charge in [-0.1, -0.05) is 24.3 Å². The molecule has 0 aliphatic carbocycles. The number of hydrogen-bond acceptors (Lipinski definition) is 2. The Balaban J connectivity index is 1.93. The van der Waals surface area contributed by atoms with E-state index in [0.29, 0.717) is 5.69 Å². The monoisotopic (exact) mass is 416 g/mol. The minimum absolute atomic E-state index is 0.0942. The van der Waals surface area contributed by atoms with E-state index in [9.17, 15) is 30.4 Å². The van der Waals surface area contributed by atoms with Crippen molar-refractivity contribution in [3.63, 3.8) is 0 Å². The van der Waals surface area contributed by atoms with E-state index in [2.05, 4.69) is 4.98 Å². The summed E-state index contributed by atoms with van der Waals surface area (Å²) in [7, 11) is -4.37. The molecule has 0 unspecified atom stereocenters. The highest BCUT2D eigenvalue weighted by molar-refractivity contribution is 7.92. The minimum Gasteiger partial charge on any atom is -0.360 e. The molecule has 0 aliphatic rings. The van der Waals surface area contributed by atoms with Gasteiger partial charge in [0.25, 0.3) is 10.0 Å². The summed E-state index contributed by atoms with van der Waals surface area (Å²) in [5.74, 6) is -3.34. The van der Waals surface area contributed by atoms with Crippen molar-refractivity contribution in [2.45, 2.75) is 18.0 Å². The Morgan fingerprint density at radius 2 is 1.68 bits per heavy atom. The van der Waals surface area contributed by atoms with Gasteiger partial charge in [0.1, 0.15) is 16.5 Å². The molecule has 4 nitrogen and oxygen atoms in total. The lowest BCUT2D eigenvalue weighted by atomic mass is 10.1. The Morgan fingerprint density at radius 3 is 2.32 bits per heavy atom. The molecule has 3 aromatic rings. The van der Waals surface area contributed by atoms with Gasteiger partial charge in [-0.15, -0.1) is 0 Å². The number of alkyl halides is 3. The highest BCUT2D eigenvalue weighted by atomic mass is 32.2. The van der Waals surface area contributed by atoms with Crippen LogP contribution in [0.5, 0.6) is 0 Å². The van der Waals surface area contributed by atoms with Crippen molar-refractivity contribution < 1.29 is 30.4 Å². The van der Waals surface area contributed by atoms with Gasteiger partial charge in [-0.25, -0.2) is 17.2 Å². The number of benzene rings is 2. The third-order valence-corrected chi connectivity index (χ3v) is 5.35. The van der Waals surface area contributed by atoms with Crippen LogP contribution in [0.3, 0.4) is 0 Å². The lowest BCUT2D eigenvalue weighted by Gasteiger charge is -2.12. The first-order chi connectivity index (χ1) is 13.0. The summed E-state index contributed by atoms with van der Waals surface area (Å²) in [6, 6.07) is 8.49. The molecule has 0 saturated heterocycles. The Bertz CT molecular complexity index is 1140. The van der Waals surface area contributed by atoms with Crippen LogP contribution in [0.2, 0.25) is 0 Å². The Kier molecular flexibility index (Phi) is 4.92. The SMILES string of the molecule is Cc1ccccc1-c1cc(S(=O)(=O)Nc2cc(F)c(C(F)(F)F)cc2F)c[nH]1. The quantitative estimate of drug-likeness (QED) is 0.582.